The molecule has 0 radical (unpaired) electrons. The molecule has 1 aliphatic heterocycles. The first-order valence-corrected chi connectivity index (χ1v) is 5.68. The number of rotatable bonds is 4. The number of primary amides is 1. The number of nitrogens with two attached hydrogens (primary N) is 1. The maximum atomic E-state index is 11.0. The number of carbonyl (C=O) groups is 1. The topological polar surface area (TPSA) is 81.4 Å². The zero-order chi connectivity index (χ0) is 9.68. The Morgan fingerprint density at radius 3 is 2.69 bits per heavy atom. The standard InChI is InChI=1S/C7H14N2O3S/c8-7(10)5-12-9-6-1-3-13(11)4-2-6/h6,9H,1-5H2,(H2,8,10). The number of amides is 1. The molecule has 1 fully saturated rings. The van der Waals surface area contributed by atoms with E-state index in [9.17, 15) is 9.00 Å². The second-order valence-electron chi connectivity index (χ2n) is 3.00. The summed E-state index contributed by atoms with van der Waals surface area (Å²) >= 11 is 0. The van der Waals surface area contributed by atoms with Gasteiger partial charge in [0.15, 0.2) is 0 Å². The minimum Gasteiger partial charge on any atom is -0.368 e. The van der Waals surface area contributed by atoms with Crippen LogP contribution in [-0.2, 0) is 20.4 Å². The third-order valence-corrected chi connectivity index (χ3v) is 3.23. The molecule has 13 heavy (non-hydrogen) atoms. The maximum absolute atomic E-state index is 11.0. The summed E-state index contributed by atoms with van der Waals surface area (Å²) in [5.41, 5.74) is 7.62. The summed E-state index contributed by atoms with van der Waals surface area (Å²) in [6.07, 6.45) is 1.65. The van der Waals surface area contributed by atoms with Crippen molar-refractivity contribution in [1.29, 1.82) is 0 Å². The van der Waals surface area contributed by atoms with Crippen molar-refractivity contribution in [2.75, 3.05) is 18.1 Å². The fourth-order valence-electron chi connectivity index (χ4n) is 1.14. The van der Waals surface area contributed by atoms with Crippen molar-refractivity contribution in [3.63, 3.8) is 0 Å². The lowest BCUT2D eigenvalue weighted by molar-refractivity contribution is -0.126. The third kappa shape index (κ3) is 4.35. The summed E-state index contributed by atoms with van der Waals surface area (Å²) in [6, 6.07) is 0.206. The highest BCUT2D eigenvalue weighted by atomic mass is 32.2. The van der Waals surface area contributed by atoms with E-state index in [4.69, 9.17) is 10.6 Å². The Balaban J connectivity index is 2.09. The molecule has 1 heterocycles. The fourth-order valence-corrected chi connectivity index (χ4v) is 2.44. The number of nitrogens with one attached hydrogen (secondary N) is 1. The lowest BCUT2D eigenvalue weighted by atomic mass is 10.2. The van der Waals surface area contributed by atoms with E-state index >= 15 is 0 Å². The van der Waals surface area contributed by atoms with Crippen molar-refractivity contribution in [2.24, 2.45) is 5.73 Å². The molecule has 1 aliphatic rings. The Labute approximate surface area is 79.4 Å². The van der Waals surface area contributed by atoms with Gasteiger partial charge in [-0.2, -0.15) is 5.48 Å². The summed E-state index contributed by atoms with van der Waals surface area (Å²) < 4.78 is 11.0. The number of hydrogen-bond acceptors (Lipinski definition) is 4. The molecular formula is C7H14N2O3S. The lowest BCUT2D eigenvalue weighted by Crippen LogP contribution is -2.37. The molecule has 76 valence electrons. The SMILES string of the molecule is NC(=O)CONC1CCS(=O)CC1. The lowest BCUT2D eigenvalue weighted by Gasteiger charge is -2.21. The molecule has 0 spiro atoms. The van der Waals surface area contributed by atoms with Gasteiger partial charge in [-0.25, -0.2) is 0 Å². The van der Waals surface area contributed by atoms with Gasteiger partial charge in [0.1, 0.15) is 6.61 Å². The second-order valence-corrected chi connectivity index (χ2v) is 4.69. The van der Waals surface area contributed by atoms with E-state index in [0.29, 0.717) is 11.5 Å². The van der Waals surface area contributed by atoms with Gasteiger partial charge < -0.3 is 5.73 Å². The normalized spacial score (nSPS) is 28.6. The van der Waals surface area contributed by atoms with Gasteiger partial charge in [0.05, 0.1) is 0 Å². The molecule has 5 nitrogen and oxygen atoms in total. The first kappa shape index (κ1) is 10.6. The highest BCUT2D eigenvalue weighted by molar-refractivity contribution is 7.85. The number of carbonyl (C=O) groups excluding carboxylic acids is 1. The van der Waals surface area contributed by atoms with Gasteiger partial charge >= 0.3 is 0 Å². The van der Waals surface area contributed by atoms with Gasteiger partial charge in [-0.1, -0.05) is 0 Å². The van der Waals surface area contributed by atoms with Gasteiger partial charge in [-0.3, -0.25) is 13.8 Å². The van der Waals surface area contributed by atoms with Crippen LogP contribution in [-0.4, -0.2) is 34.3 Å². The van der Waals surface area contributed by atoms with E-state index in [1.54, 1.807) is 0 Å². The predicted octanol–water partition coefficient (Wildman–Crippen LogP) is -1.10. The molecule has 0 unspecified atom stereocenters. The van der Waals surface area contributed by atoms with Crippen molar-refractivity contribution in [1.82, 2.24) is 5.48 Å². The van der Waals surface area contributed by atoms with Crippen molar-refractivity contribution >= 4 is 16.7 Å². The molecule has 0 atom stereocenters. The minimum absolute atomic E-state index is 0.112. The summed E-state index contributed by atoms with van der Waals surface area (Å²) in [6.45, 7) is -0.112. The zero-order valence-electron chi connectivity index (χ0n) is 7.32. The van der Waals surface area contributed by atoms with E-state index in [1.807, 2.05) is 0 Å². The largest absolute Gasteiger partial charge is 0.368 e. The first-order valence-electron chi connectivity index (χ1n) is 4.19. The Morgan fingerprint density at radius 2 is 2.15 bits per heavy atom. The van der Waals surface area contributed by atoms with Crippen molar-refractivity contribution in [3.05, 3.63) is 0 Å². The average Bonchev–Trinajstić information content (AvgIpc) is 2.08. The van der Waals surface area contributed by atoms with Gasteiger partial charge in [-0.15, -0.1) is 0 Å². The molecule has 0 bridgehead atoms. The van der Waals surface area contributed by atoms with Crippen LogP contribution in [0, 0.1) is 0 Å². The summed E-state index contributed by atoms with van der Waals surface area (Å²) in [4.78, 5) is 15.1. The van der Waals surface area contributed by atoms with Crippen molar-refractivity contribution < 1.29 is 13.8 Å². The number of hydrogen-bond donors (Lipinski definition) is 2. The number of hydroxylamine groups is 1. The predicted molar refractivity (Wildman–Crippen MR) is 49.2 cm³/mol. The molecule has 6 heteroatoms. The maximum Gasteiger partial charge on any atom is 0.245 e. The molecule has 0 aliphatic carbocycles. The average molecular weight is 206 g/mol. The van der Waals surface area contributed by atoms with Crippen LogP contribution in [0.2, 0.25) is 0 Å². The van der Waals surface area contributed by atoms with Crippen LogP contribution in [0.25, 0.3) is 0 Å². The van der Waals surface area contributed by atoms with Crippen LogP contribution >= 0.6 is 0 Å². The Hall–Kier alpha value is -0.460. The molecule has 0 aromatic rings. The Kier molecular flexibility index (Phi) is 4.34. The molecule has 0 aromatic carbocycles. The van der Waals surface area contributed by atoms with E-state index < -0.39 is 16.7 Å². The van der Waals surface area contributed by atoms with E-state index in [-0.39, 0.29) is 12.6 Å². The molecule has 0 aromatic heterocycles. The monoisotopic (exact) mass is 206 g/mol. The van der Waals surface area contributed by atoms with Gasteiger partial charge in [-0.05, 0) is 12.8 Å². The molecule has 3 N–H and O–H groups in total. The summed E-state index contributed by atoms with van der Waals surface area (Å²) in [5, 5.41) is 0. The highest BCUT2D eigenvalue weighted by Gasteiger charge is 2.17. The van der Waals surface area contributed by atoms with Gasteiger partial charge in [0.25, 0.3) is 0 Å². The van der Waals surface area contributed by atoms with Crippen molar-refractivity contribution in [3.8, 4) is 0 Å². The van der Waals surface area contributed by atoms with Crippen LogP contribution in [0.3, 0.4) is 0 Å². The van der Waals surface area contributed by atoms with E-state index in [1.165, 1.54) is 0 Å². The minimum atomic E-state index is -0.662. The third-order valence-electron chi connectivity index (χ3n) is 1.85. The second kappa shape index (κ2) is 5.31. The Bertz CT molecular complexity index is 200. The van der Waals surface area contributed by atoms with Crippen LogP contribution in [0.1, 0.15) is 12.8 Å². The van der Waals surface area contributed by atoms with Crippen LogP contribution < -0.4 is 11.2 Å². The van der Waals surface area contributed by atoms with Gasteiger partial charge in [0.2, 0.25) is 5.91 Å². The first-order chi connectivity index (χ1) is 6.18. The molecule has 1 rings (SSSR count). The Morgan fingerprint density at radius 1 is 1.54 bits per heavy atom. The quantitative estimate of drug-likeness (QED) is 0.572. The zero-order valence-corrected chi connectivity index (χ0v) is 8.14. The van der Waals surface area contributed by atoms with Crippen molar-refractivity contribution in [2.45, 2.75) is 18.9 Å². The molecule has 1 saturated heterocycles. The van der Waals surface area contributed by atoms with Crippen LogP contribution in [0.15, 0.2) is 0 Å². The molecular weight excluding hydrogens is 192 g/mol. The fraction of sp³-hybridized carbons (Fsp3) is 0.857. The summed E-state index contributed by atoms with van der Waals surface area (Å²) in [5.74, 6) is 0.918. The highest BCUT2D eigenvalue weighted by Crippen LogP contribution is 2.08. The van der Waals surface area contributed by atoms with Crippen LogP contribution in [0.5, 0.6) is 0 Å². The smallest absolute Gasteiger partial charge is 0.245 e. The van der Waals surface area contributed by atoms with Crippen LogP contribution in [0.4, 0.5) is 0 Å². The summed E-state index contributed by atoms with van der Waals surface area (Å²) in [7, 11) is -0.662. The van der Waals surface area contributed by atoms with E-state index in [0.717, 1.165) is 12.8 Å². The molecule has 1 amide bonds. The molecule has 0 saturated carbocycles. The van der Waals surface area contributed by atoms with E-state index in [2.05, 4.69) is 5.48 Å². The van der Waals surface area contributed by atoms with Gasteiger partial charge in [0, 0.05) is 28.3 Å².